The minimum absolute atomic E-state index is 0.347. The van der Waals surface area contributed by atoms with Crippen LogP contribution >= 0.6 is 0 Å². The monoisotopic (exact) mass is 303 g/mol. The summed E-state index contributed by atoms with van der Waals surface area (Å²) in [6, 6.07) is 8.46. The molecule has 22 heavy (non-hydrogen) atoms. The van der Waals surface area contributed by atoms with Crippen LogP contribution < -0.4 is 10.1 Å². The van der Waals surface area contributed by atoms with E-state index in [1.807, 2.05) is 24.3 Å². The molecule has 5 atom stereocenters. The normalized spacial score (nSPS) is 29.5. The van der Waals surface area contributed by atoms with Crippen molar-refractivity contribution in [1.29, 1.82) is 0 Å². The summed E-state index contributed by atoms with van der Waals surface area (Å²) in [4.78, 5) is 0. The van der Waals surface area contributed by atoms with E-state index in [1.54, 1.807) is 0 Å². The number of hydrogen-bond acceptors (Lipinski definition) is 3. The van der Waals surface area contributed by atoms with Gasteiger partial charge in [-0.25, -0.2) is 0 Å². The van der Waals surface area contributed by atoms with Gasteiger partial charge in [-0.3, -0.25) is 0 Å². The summed E-state index contributed by atoms with van der Waals surface area (Å²) in [5.74, 6) is 3.54. The zero-order chi connectivity index (χ0) is 15.5. The van der Waals surface area contributed by atoms with E-state index < -0.39 is 6.10 Å². The van der Waals surface area contributed by atoms with Crippen molar-refractivity contribution in [2.24, 2.45) is 17.8 Å². The molecule has 0 amide bonds. The van der Waals surface area contributed by atoms with Crippen molar-refractivity contribution in [3.63, 3.8) is 0 Å². The van der Waals surface area contributed by atoms with Crippen LogP contribution in [0.4, 0.5) is 0 Å². The van der Waals surface area contributed by atoms with Crippen molar-refractivity contribution in [2.45, 2.75) is 51.7 Å². The Morgan fingerprint density at radius 2 is 2.00 bits per heavy atom. The van der Waals surface area contributed by atoms with E-state index in [0.717, 1.165) is 23.5 Å². The second kappa shape index (κ2) is 7.01. The van der Waals surface area contributed by atoms with E-state index >= 15 is 0 Å². The maximum Gasteiger partial charge on any atom is 0.119 e. The van der Waals surface area contributed by atoms with Crippen LogP contribution in [-0.4, -0.2) is 30.4 Å². The van der Waals surface area contributed by atoms with Crippen LogP contribution in [0.1, 0.15) is 38.2 Å². The molecule has 0 aromatic heterocycles. The molecule has 2 saturated carbocycles. The van der Waals surface area contributed by atoms with E-state index in [2.05, 4.69) is 19.2 Å². The maximum atomic E-state index is 10.1. The van der Waals surface area contributed by atoms with Gasteiger partial charge in [0.25, 0.3) is 0 Å². The van der Waals surface area contributed by atoms with Crippen LogP contribution in [0.5, 0.6) is 5.75 Å². The van der Waals surface area contributed by atoms with Crippen molar-refractivity contribution in [1.82, 2.24) is 5.32 Å². The molecule has 2 N–H and O–H groups in total. The van der Waals surface area contributed by atoms with Crippen LogP contribution in [0.2, 0.25) is 0 Å². The van der Waals surface area contributed by atoms with Crippen LogP contribution in [0, 0.1) is 24.7 Å². The highest BCUT2D eigenvalue weighted by atomic mass is 16.5. The number of ether oxygens (including phenoxy) is 1. The van der Waals surface area contributed by atoms with E-state index in [-0.39, 0.29) is 0 Å². The minimum atomic E-state index is -0.456. The largest absolute Gasteiger partial charge is 0.491 e. The number of hydrogen-bond donors (Lipinski definition) is 2. The molecule has 0 heterocycles. The fourth-order valence-electron chi connectivity index (χ4n) is 4.27. The van der Waals surface area contributed by atoms with Crippen LogP contribution in [0.15, 0.2) is 24.3 Å². The Hall–Kier alpha value is -1.06. The number of aliphatic hydroxyl groups excluding tert-OH is 1. The van der Waals surface area contributed by atoms with Gasteiger partial charge in [-0.15, -0.1) is 0 Å². The van der Waals surface area contributed by atoms with Crippen LogP contribution in [0.3, 0.4) is 0 Å². The van der Waals surface area contributed by atoms with Gasteiger partial charge in [0.2, 0.25) is 0 Å². The molecule has 122 valence electrons. The summed E-state index contributed by atoms with van der Waals surface area (Å²) in [6.07, 6.45) is 5.23. The molecule has 1 aromatic carbocycles. The van der Waals surface area contributed by atoms with Gasteiger partial charge in [-0.05, 0) is 63.0 Å². The average molecular weight is 303 g/mol. The highest BCUT2D eigenvalue weighted by Crippen LogP contribution is 2.49. The molecular formula is C19H29NO2. The molecule has 2 bridgehead atoms. The fourth-order valence-corrected chi connectivity index (χ4v) is 4.27. The summed E-state index contributed by atoms with van der Waals surface area (Å²) < 4.78 is 5.64. The van der Waals surface area contributed by atoms with Crippen LogP contribution in [0.25, 0.3) is 0 Å². The first-order valence-electron chi connectivity index (χ1n) is 8.72. The van der Waals surface area contributed by atoms with Crippen LogP contribution in [-0.2, 0) is 0 Å². The number of fused-ring (bicyclic) bond motifs is 2. The fraction of sp³-hybridized carbons (Fsp3) is 0.684. The predicted octanol–water partition coefficient (Wildman–Crippen LogP) is 3.15. The summed E-state index contributed by atoms with van der Waals surface area (Å²) in [5, 5.41) is 13.6. The van der Waals surface area contributed by atoms with Crippen molar-refractivity contribution in [3.8, 4) is 5.75 Å². The maximum absolute atomic E-state index is 10.1. The SMILES string of the molecule is Cc1ccc(OC[C@H](O)CN[C@H](C)[C@H]2C[C@H]3CC[C@H]2C3)cc1. The quantitative estimate of drug-likeness (QED) is 0.813. The van der Waals surface area contributed by atoms with Crippen molar-refractivity contribution < 1.29 is 9.84 Å². The first-order chi connectivity index (χ1) is 10.6. The molecule has 0 spiro atoms. The molecule has 0 radical (unpaired) electrons. The van der Waals surface area contributed by atoms with Crippen molar-refractivity contribution >= 4 is 0 Å². The van der Waals surface area contributed by atoms with Gasteiger partial charge in [0.1, 0.15) is 18.5 Å². The van der Waals surface area contributed by atoms with E-state index in [1.165, 1.54) is 31.2 Å². The molecule has 1 aromatic rings. The first-order valence-corrected chi connectivity index (χ1v) is 8.72. The Bertz CT molecular complexity index is 473. The molecule has 0 saturated heterocycles. The summed E-state index contributed by atoms with van der Waals surface area (Å²) in [5.41, 5.74) is 1.22. The third kappa shape index (κ3) is 3.82. The zero-order valence-corrected chi connectivity index (χ0v) is 13.8. The van der Waals surface area contributed by atoms with Gasteiger partial charge in [0.05, 0.1) is 0 Å². The second-order valence-corrected chi connectivity index (χ2v) is 7.31. The Kier molecular flexibility index (Phi) is 5.04. The predicted molar refractivity (Wildman–Crippen MR) is 89.1 cm³/mol. The molecule has 2 aliphatic carbocycles. The highest BCUT2D eigenvalue weighted by molar-refractivity contribution is 5.26. The molecule has 0 unspecified atom stereocenters. The topological polar surface area (TPSA) is 41.5 Å². The van der Waals surface area contributed by atoms with Gasteiger partial charge in [0.15, 0.2) is 0 Å². The Labute approximate surface area is 134 Å². The van der Waals surface area contributed by atoms with Crippen molar-refractivity contribution in [3.05, 3.63) is 29.8 Å². The lowest BCUT2D eigenvalue weighted by molar-refractivity contribution is 0.0993. The number of nitrogens with one attached hydrogen (secondary N) is 1. The standard InChI is InChI=1S/C19H29NO2/c1-13-3-7-18(8-4-13)22-12-17(21)11-20-14(2)19-10-15-5-6-16(19)9-15/h3-4,7-8,14-17,19-21H,5-6,9-12H2,1-2H3/t14-,15+,16+,17-,19-/m1/s1. The summed E-state index contributed by atoms with van der Waals surface area (Å²) in [7, 11) is 0. The van der Waals surface area contributed by atoms with E-state index in [9.17, 15) is 5.11 Å². The number of rotatable bonds is 7. The molecule has 3 rings (SSSR count). The molecular weight excluding hydrogens is 274 g/mol. The second-order valence-electron chi connectivity index (χ2n) is 7.31. The lowest BCUT2D eigenvalue weighted by Gasteiger charge is -2.29. The number of aryl methyl sites for hydroxylation is 1. The van der Waals surface area contributed by atoms with E-state index in [0.29, 0.717) is 19.2 Å². The molecule has 2 fully saturated rings. The van der Waals surface area contributed by atoms with Gasteiger partial charge >= 0.3 is 0 Å². The number of aliphatic hydroxyl groups is 1. The third-order valence-corrected chi connectivity index (χ3v) is 5.57. The average Bonchev–Trinajstić information content (AvgIpc) is 3.15. The van der Waals surface area contributed by atoms with Gasteiger partial charge < -0.3 is 15.2 Å². The summed E-state index contributed by atoms with van der Waals surface area (Å²) in [6.45, 7) is 5.29. The zero-order valence-electron chi connectivity index (χ0n) is 13.8. The van der Waals surface area contributed by atoms with Gasteiger partial charge in [0, 0.05) is 12.6 Å². The minimum Gasteiger partial charge on any atom is -0.491 e. The summed E-state index contributed by atoms with van der Waals surface area (Å²) >= 11 is 0. The molecule has 2 aliphatic rings. The van der Waals surface area contributed by atoms with Gasteiger partial charge in [-0.1, -0.05) is 24.1 Å². The van der Waals surface area contributed by atoms with Crippen molar-refractivity contribution in [2.75, 3.05) is 13.2 Å². The lowest BCUT2D eigenvalue weighted by Crippen LogP contribution is -2.41. The Morgan fingerprint density at radius 3 is 2.64 bits per heavy atom. The van der Waals surface area contributed by atoms with E-state index in [4.69, 9.17) is 4.74 Å². The number of benzene rings is 1. The first kappa shape index (κ1) is 15.8. The molecule has 3 heteroatoms. The lowest BCUT2D eigenvalue weighted by atomic mass is 9.84. The third-order valence-electron chi connectivity index (χ3n) is 5.57. The molecule has 0 aliphatic heterocycles. The Morgan fingerprint density at radius 1 is 1.23 bits per heavy atom. The van der Waals surface area contributed by atoms with Gasteiger partial charge in [-0.2, -0.15) is 0 Å². The smallest absolute Gasteiger partial charge is 0.119 e. The highest BCUT2D eigenvalue weighted by Gasteiger charge is 2.41. The Balaban J connectivity index is 1.37. The molecule has 3 nitrogen and oxygen atoms in total.